The summed E-state index contributed by atoms with van der Waals surface area (Å²) in [4.78, 5) is 31.9. The lowest BCUT2D eigenvalue weighted by molar-refractivity contribution is -0.132. The number of carboxylic acid groups (broad SMARTS) is 1. The van der Waals surface area contributed by atoms with Crippen LogP contribution in [0.1, 0.15) is 47.2 Å². The molecule has 1 N–H and O–H groups in total. The number of carbonyl (C=O) groups is 2. The molecule has 0 bridgehead atoms. The summed E-state index contributed by atoms with van der Waals surface area (Å²) in [6, 6.07) is 0. The van der Waals surface area contributed by atoms with Gasteiger partial charge in [-0.05, 0) is 43.5 Å². The maximum absolute atomic E-state index is 12.4. The fourth-order valence-electron chi connectivity index (χ4n) is 3.49. The standard InChI is InChI=1S/C17H23N3O3/c21-16(5-8-19-6-2-1-3-7-19)20-9-4-14-13(12-20)10-18-11-15(14)17(22)23/h10-11H,1-9,12H2,(H,22,23). The van der Waals surface area contributed by atoms with Gasteiger partial charge < -0.3 is 14.9 Å². The van der Waals surface area contributed by atoms with Crippen LogP contribution in [0.15, 0.2) is 12.4 Å². The molecular formula is C17H23N3O3. The molecule has 1 aromatic rings. The normalized spacial score (nSPS) is 18.5. The molecule has 0 aliphatic carbocycles. The van der Waals surface area contributed by atoms with Crippen LogP contribution in [0, 0.1) is 0 Å². The average Bonchev–Trinajstić information content (AvgIpc) is 2.59. The van der Waals surface area contributed by atoms with Crippen LogP contribution in [0.3, 0.4) is 0 Å². The van der Waals surface area contributed by atoms with E-state index in [1.807, 2.05) is 4.90 Å². The van der Waals surface area contributed by atoms with Crippen LogP contribution in [-0.4, -0.2) is 57.9 Å². The van der Waals surface area contributed by atoms with Crippen molar-refractivity contribution >= 4 is 11.9 Å². The van der Waals surface area contributed by atoms with E-state index >= 15 is 0 Å². The van der Waals surface area contributed by atoms with Gasteiger partial charge in [-0.3, -0.25) is 9.78 Å². The quantitative estimate of drug-likeness (QED) is 0.912. The molecule has 1 amide bonds. The monoisotopic (exact) mass is 317 g/mol. The van der Waals surface area contributed by atoms with Crippen LogP contribution in [0.2, 0.25) is 0 Å². The lowest BCUT2D eigenvalue weighted by atomic mass is 9.97. The molecule has 124 valence electrons. The van der Waals surface area contributed by atoms with Gasteiger partial charge in [0.15, 0.2) is 0 Å². The minimum atomic E-state index is -0.945. The highest BCUT2D eigenvalue weighted by Crippen LogP contribution is 2.22. The summed E-state index contributed by atoms with van der Waals surface area (Å²) in [7, 11) is 0. The highest BCUT2D eigenvalue weighted by atomic mass is 16.4. The Labute approximate surface area is 136 Å². The third-order valence-corrected chi connectivity index (χ3v) is 4.81. The predicted octanol–water partition coefficient (Wildman–Crippen LogP) is 1.54. The molecule has 2 aliphatic rings. The molecule has 23 heavy (non-hydrogen) atoms. The molecule has 1 saturated heterocycles. The molecule has 0 spiro atoms. The zero-order chi connectivity index (χ0) is 16.2. The van der Waals surface area contributed by atoms with E-state index in [0.717, 1.165) is 30.8 Å². The Morgan fingerprint density at radius 1 is 1.13 bits per heavy atom. The van der Waals surface area contributed by atoms with Gasteiger partial charge in [-0.2, -0.15) is 0 Å². The number of hydrogen-bond acceptors (Lipinski definition) is 4. The second-order valence-electron chi connectivity index (χ2n) is 6.35. The van der Waals surface area contributed by atoms with Crippen LogP contribution in [-0.2, 0) is 17.8 Å². The van der Waals surface area contributed by atoms with Crippen molar-refractivity contribution in [1.29, 1.82) is 0 Å². The van der Waals surface area contributed by atoms with Gasteiger partial charge in [0, 0.05) is 38.4 Å². The first-order valence-electron chi connectivity index (χ1n) is 8.34. The van der Waals surface area contributed by atoms with E-state index in [9.17, 15) is 14.7 Å². The van der Waals surface area contributed by atoms with E-state index in [-0.39, 0.29) is 11.5 Å². The number of piperidine rings is 1. The Balaban J connectivity index is 1.59. The lowest BCUT2D eigenvalue weighted by Gasteiger charge is -2.31. The van der Waals surface area contributed by atoms with Crippen LogP contribution < -0.4 is 0 Å². The minimum absolute atomic E-state index is 0.155. The zero-order valence-corrected chi connectivity index (χ0v) is 13.3. The molecule has 0 unspecified atom stereocenters. The van der Waals surface area contributed by atoms with Gasteiger partial charge in [-0.25, -0.2) is 4.79 Å². The van der Waals surface area contributed by atoms with E-state index in [2.05, 4.69) is 9.88 Å². The maximum Gasteiger partial charge on any atom is 0.337 e. The van der Waals surface area contributed by atoms with Crippen molar-refractivity contribution in [2.24, 2.45) is 0 Å². The SMILES string of the molecule is O=C(O)c1cncc2c1CCN(C(=O)CCN1CCCCC1)C2. The highest BCUT2D eigenvalue weighted by Gasteiger charge is 2.25. The Hall–Kier alpha value is -1.95. The summed E-state index contributed by atoms with van der Waals surface area (Å²) in [5.41, 5.74) is 1.96. The van der Waals surface area contributed by atoms with Gasteiger partial charge in [-0.15, -0.1) is 0 Å². The van der Waals surface area contributed by atoms with E-state index < -0.39 is 5.97 Å². The molecular weight excluding hydrogens is 294 g/mol. The summed E-state index contributed by atoms with van der Waals surface area (Å²) in [6.45, 7) is 4.10. The minimum Gasteiger partial charge on any atom is -0.478 e. The number of rotatable bonds is 4. The van der Waals surface area contributed by atoms with Gasteiger partial charge >= 0.3 is 5.97 Å². The van der Waals surface area contributed by atoms with Gasteiger partial charge in [0.25, 0.3) is 0 Å². The summed E-state index contributed by atoms with van der Waals surface area (Å²) in [6.07, 6.45) is 7.98. The summed E-state index contributed by atoms with van der Waals surface area (Å²) in [5.74, 6) is -0.791. The van der Waals surface area contributed by atoms with E-state index in [1.165, 1.54) is 25.5 Å². The number of amides is 1. The average molecular weight is 317 g/mol. The van der Waals surface area contributed by atoms with Crippen molar-refractivity contribution in [3.05, 3.63) is 29.1 Å². The Morgan fingerprint density at radius 3 is 2.65 bits per heavy atom. The summed E-state index contributed by atoms with van der Waals surface area (Å²) >= 11 is 0. The first-order chi connectivity index (χ1) is 11.1. The van der Waals surface area contributed by atoms with Gasteiger partial charge in [0.05, 0.1) is 5.56 Å². The van der Waals surface area contributed by atoms with Crippen molar-refractivity contribution in [2.75, 3.05) is 26.2 Å². The molecule has 0 radical (unpaired) electrons. The molecule has 1 aromatic heterocycles. The fraction of sp³-hybridized carbons (Fsp3) is 0.588. The number of aromatic carboxylic acids is 1. The van der Waals surface area contributed by atoms with Crippen molar-refractivity contribution in [1.82, 2.24) is 14.8 Å². The number of fused-ring (bicyclic) bond motifs is 1. The van der Waals surface area contributed by atoms with Crippen LogP contribution in [0.4, 0.5) is 0 Å². The van der Waals surface area contributed by atoms with Crippen molar-refractivity contribution < 1.29 is 14.7 Å². The Morgan fingerprint density at radius 2 is 1.91 bits per heavy atom. The number of aromatic nitrogens is 1. The molecule has 1 fully saturated rings. The van der Waals surface area contributed by atoms with E-state index in [0.29, 0.717) is 25.9 Å². The second kappa shape index (κ2) is 7.08. The van der Waals surface area contributed by atoms with Crippen molar-refractivity contribution in [2.45, 2.75) is 38.6 Å². The molecule has 2 aliphatic heterocycles. The number of pyridine rings is 1. The number of carbonyl (C=O) groups excluding carboxylic acids is 1. The number of likely N-dealkylation sites (tertiary alicyclic amines) is 1. The molecule has 0 atom stereocenters. The molecule has 0 saturated carbocycles. The molecule has 0 aromatic carbocycles. The smallest absolute Gasteiger partial charge is 0.337 e. The van der Waals surface area contributed by atoms with E-state index in [1.54, 1.807) is 6.20 Å². The Bertz CT molecular complexity index is 597. The zero-order valence-electron chi connectivity index (χ0n) is 13.3. The van der Waals surface area contributed by atoms with Crippen LogP contribution >= 0.6 is 0 Å². The summed E-state index contributed by atoms with van der Waals surface area (Å²) in [5, 5.41) is 9.22. The molecule has 3 rings (SSSR count). The lowest BCUT2D eigenvalue weighted by Crippen LogP contribution is -2.39. The first kappa shape index (κ1) is 15.9. The van der Waals surface area contributed by atoms with E-state index in [4.69, 9.17) is 0 Å². The van der Waals surface area contributed by atoms with Crippen LogP contribution in [0.25, 0.3) is 0 Å². The highest BCUT2D eigenvalue weighted by molar-refractivity contribution is 5.89. The van der Waals surface area contributed by atoms with Gasteiger partial charge in [0.2, 0.25) is 5.91 Å². The topological polar surface area (TPSA) is 73.7 Å². The van der Waals surface area contributed by atoms with Crippen molar-refractivity contribution in [3.63, 3.8) is 0 Å². The van der Waals surface area contributed by atoms with Gasteiger partial charge in [-0.1, -0.05) is 6.42 Å². The number of nitrogens with zero attached hydrogens (tertiary/aromatic N) is 3. The Kier molecular flexibility index (Phi) is 4.91. The predicted molar refractivity (Wildman–Crippen MR) is 85.2 cm³/mol. The van der Waals surface area contributed by atoms with Gasteiger partial charge in [0.1, 0.15) is 0 Å². The van der Waals surface area contributed by atoms with Crippen LogP contribution in [0.5, 0.6) is 0 Å². The maximum atomic E-state index is 12.4. The molecule has 6 nitrogen and oxygen atoms in total. The first-order valence-corrected chi connectivity index (χ1v) is 8.34. The number of hydrogen-bond donors (Lipinski definition) is 1. The third-order valence-electron chi connectivity index (χ3n) is 4.81. The largest absolute Gasteiger partial charge is 0.478 e. The second-order valence-corrected chi connectivity index (χ2v) is 6.35. The van der Waals surface area contributed by atoms with Crippen molar-refractivity contribution in [3.8, 4) is 0 Å². The molecule has 6 heteroatoms. The fourth-order valence-corrected chi connectivity index (χ4v) is 3.49. The third kappa shape index (κ3) is 3.69. The molecule has 3 heterocycles. The number of carboxylic acids is 1. The summed E-state index contributed by atoms with van der Waals surface area (Å²) < 4.78 is 0.